The fourth-order valence-corrected chi connectivity index (χ4v) is 1.59. The monoisotopic (exact) mass is 238 g/mol. The molecule has 0 N–H and O–H groups in total. The zero-order valence-corrected chi connectivity index (χ0v) is 10.6. The van der Waals surface area contributed by atoms with E-state index in [4.69, 9.17) is 0 Å². The largest absolute Gasteiger partial charge is 0.469 e. The number of methoxy groups -OCH3 is 1. The number of nitrogens with zero attached hydrogens (tertiary/aromatic N) is 2. The zero-order valence-electron chi connectivity index (χ0n) is 10.6. The van der Waals surface area contributed by atoms with Crippen LogP contribution in [0.4, 0.5) is 0 Å². The van der Waals surface area contributed by atoms with Crippen molar-refractivity contribution in [3.63, 3.8) is 0 Å². The molecule has 1 rings (SSSR count). The van der Waals surface area contributed by atoms with Crippen LogP contribution >= 0.6 is 0 Å². The van der Waals surface area contributed by atoms with Crippen LogP contribution in [0.5, 0.6) is 0 Å². The van der Waals surface area contributed by atoms with Gasteiger partial charge in [0.1, 0.15) is 5.69 Å². The predicted molar refractivity (Wildman–Crippen MR) is 62.7 cm³/mol. The van der Waals surface area contributed by atoms with Gasteiger partial charge in [-0.15, -0.1) is 0 Å². The normalized spacial score (nSPS) is 12.5. The smallest absolute Gasteiger partial charge is 0.306 e. The summed E-state index contributed by atoms with van der Waals surface area (Å²) in [6.07, 6.45) is 3.26. The van der Waals surface area contributed by atoms with Crippen molar-refractivity contribution in [3.8, 4) is 0 Å². The van der Waals surface area contributed by atoms with Crippen molar-refractivity contribution in [2.24, 2.45) is 5.92 Å². The molecule has 0 bridgehead atoms. The summed E-state index contributed by atoms with van der Waals surface area (Å²) in [6.45, 7) is 5.67. The Morgan fingerprint density at radius 1 is 1.41 bits per heavy atom. The molecule has 5 heteroatoms. The Hall–Kier alpha value is -1.65. The van der Waals surface area contributed by atoms with Gasteiger partial charge in [-0.05, 0) is 13.8 Å². The molecule has 1 unspecified atom stereocenters. The van der Waals surface area contributed by atoms with Crippen LogP contribution in [-0.2, 0) is 9.53 Å². The van der Waals surface area contributed by atoms with E-state index in [2.05, 4.69) is 9.72 Å². The maximum absolute atomic E-state index is 12.1. The summed E-state index contributed by atoms with van der Waals surface area (Å²) in [4.78, 5) is 27.2. The third-order valence-corrected chi connectivity index (χ3v) is 2.62. The number of imidazole rings is 1. The summed E-state index contributed by atoms with van der Waals surface area (Å²) in [5.74, 6) is -0.847. The van der Waals surface area contributed by atoms with Crippen molar-refractivity contribution in [2.45, 2.75) is 33.2 Å². The van der Waals surface area contributed by atoms with Gasteiger partial charge in [-0.1, -0.05) is 6.92 Å². The van der Waals surface area contributed by atoms with E-state index in [0.29, 0.717) is 5.69 Å². The lowest BCUT2D eigenvalue weighted by molar-refractivity contribution is -0.141. The van der Waals surface area contributed by atoms with Crippen LogP contribution in [0.3, 0.4) is 0 Å². The molecular formula is C12H18N2O3. The summed E-state index contributed by atoms with van der Waals surface area (Å²) in [5, 5.41) is 0. The minimum atomic E-state index is -0.392. The summed E-state index contributed by atoms with van der Waals surface area (Å²) in [5.41, 5.74) is 0.538. The predicted octanol–water partition coefficient (Wildman–Crippen LogP) is 1.85. The third-order valence-electron chi connectivity index (χ3n) is 2.62. The van der Waals surface area contributed by atoms with Gasteiger partial charge in [-0.25, -0.2) is 4.98 Å². The van der Waals surface area contributed by atoms with Crippen LogP contribution < -0.4 is 0 Å². The number of carbonyl (C=O) groups excluding carboxylic acids is 2. The van der Waals surface area contributed by atoms with Gasteiger partial charge in [0, 0.05) is 12.0 Å². The lowest BCUT2D eigenvalue weighted by Gasteiger charge is -2.13. The first-order chi connectivity index (χ1) is 7.97. The Labute approximate surface area is 101 Å². The highest BCUT2D eigenvalue weighted by Crippen LogP contribution is 2.16. The molecule has 0 aliphatic carbocycles. The van der Waals surface area contributed by atoms with Gasteiger partial charge in [-0.2, -0.15) is 0 Å². The minimum Gasteiger partial charge on any atom is -0.469 e. The lowest BCUT2D eigenvalue weighted by atomic mass is 10.0. The molecule has 0 radical (unpaired) electrons. The molecule has 1 atom stereocenters. The van der Waals surface area contributed by atoms with E-state index in [-0.39, 0.29) is 24.2 Å². The van der Waals surface area contributed by atoms with Gasteiger partial charge in [0.2, 0.25) is 0 Å². The summed E-state index contributed by atoms with van der Waals surface area (Å²) in [6, 6.07) is 0.168. The highest BCUT2D eigenvalue weighted by molar-refractivity contribution is 5.97. The van der Waals surface area contributed by atoms with E-state index in [0.717, 1.165) is 0 Å². The highest BCUT2D eigenvalue weighted by Gasteiger charge is 2.22. The maximum atomic E-state index is 12.1. The molecular weight excluding hydrogens is 220 g/mol. The van der Waals surface area contributed by atoms with Gasteiger partial charge in [0.05, 0.1) is 26.1 Å². The average Bonchev–Trinajstić information content (AvgIpc) is 2.76. The van der Waals surface area contributed by atoms with Crippen LogP contribution in [0, 0.1) is 5.92 Å². The lowest BCUT2D eigenvalue weighted by Crippen LogP contribution is -2.20. The number of hydrogen-bond acceptors (Lipinski definition) is 4. The van der Waals surface area contributed by atoms with Gasteiger partial charge in [0.25, 0.3) is 0 Å². The first kappa shape index (κ1) is 13.4. The number of ketones is 1. The molecule has 0 saturated carbocycles. The van der Waals surface area contributed by atoms with Crippen molar-refractivity contribution in [1.29, 1.82) is 0 Å². The highest BCUT2D eigenvalue weighted by atomic mass is 16.5. The molecule has 5 nitrogen and oxygen atoms in total. The Morgan fingerprint density at radius 3 is 2.59 bits per heavy atom. The standard InChI is InChI=1S/C12H18N2O3/c1-8(2)14-7-13-6-10(14)12(16)9(3)5-11(15)17-4/h6-9H,5H2,1-4H3. The fourth-order valence-electron chi connectivity index (χ4n) is 1.59. The van der Waals surface area contributed by atoms with E-state index in [1.807, 2.05) is 13.8 Å². The van der Waals surface area contributed by atoms with Gasteiger partial charge < -0.3 is 9.30 Å². The van der Waals surface area contributed by atoms with E-state index < -0.39 is 5.92 Å². The number of esters is 1. The van der Waals surface area contributed by atoms with Crippen molar-refractivity contribution >= 4 is 11.8 Å². The quantitative estimate of drug-likeness (QED) is 0.580. The van der Waals surface area contributed by atoms with E-state index >= 15 is 0 Å². The molecule has 0 spiro atoms. The number of carbonyl (C=O) groups is 2. The molecule has 17 heavy (non-hydrogen) atoms. The van der Waals surface area contributed by atoms with Crippen molar-refractivity contribution in [2.75, 3.05) is 7.11 Å². The fraction of sp³-hybridized carbons (Fsp3) is 0.583. The average molecular weight is 238 g/mol. The van der Waals surface area contributed by atoms with Crippen molar-refractivity contribution in [1.82, 2.24) is 9.55 Å². The Bertz CT molecular complexity index is 410. The first-order valence-electron chi connectivity index (χ1n) is 5.60. The number of hydrogen-bond donors (Lipinski definition) is 0. The van der Waals surface area contributed by atoms with Crippen molar-refractivity contribution in [3.05, 3.63) is 18.2 Å². The van der Waals surface area contributed by atoms with Crippen LogP contribution in [0.1, 0.15) is 43.7 Å². The maximum Gasteiger partial charge on any atom is 0.306 e. The molecule has 0 fully saturated rings. The van der Waals surface area contributed by atoms with Gasteiger partial charge in [-0.3, -0.25) is 9.59 Å². The third kappa shape index (κ3) is 3.15. The number of rotatable bonds is 5. The van der Waals surface area contributed by atoms with Gasteiger partial charge in [0.15, 0.2) is 5.78 Å². The summed E-state index contributed by atoms with van der Waals surface area (Å²) < 4.78 is 6.35. The molecule has 94 valence electrons. The molecule has 0 saturated heterocycles. The second-order valence-corrected chi connectivity index (χ2v) is 4.33. The number of ether oxygens (including phenoxy) is 1. The Balaban J connectivity index is 2.82. The van der Waals surface area contributed by atoms with E-state index in [1.54, 1.807) is 17.8 Å². The van der Waals surface area contributed by atoms with E-state index in [1.165, 1.54) is 13.3 Å². The Kier molecular flexibility index (Phi) is 4.43. The summed E-state index contributed by atoms with van der Waals surface area (Å²) in [7, 11) is 1.32. The molecule has 0 aliphatic rings. The second kappa shape index (κ2) is 5.61. The summed E-state index contributed by atoms with van der Waals surface area (Å²) >= 11 is 0. The molecule has 0 aliphatic heterocycles. The minimum absolute atomic E-state index is 0.0819. The Morgan fingerprint density at radius 2 is 2.06 bits per heavy atom. The molecule has 0 aromatic carbocycles. The van der Waals surface area contributed by atoms with Crippen LogP contribution in [-0.4, -0.2) is 28.4 Å². The van der Waals surface area contributed by atoms with Gasteiger partial charge >= 0.3 is 5.97 Å². The topological polar surface area (TPSA) is 61.2 Å². The number of aromatic nitrogens is 2. The van der Waals surface area contributed by atoms with Crippen LogP contribution in [0.25, 0.3) is 0 Å². The zero-order chi connectivity index (χ0) is 13.0. The molecule has 1 aromatic rings. The molecule has 1 heterocycles. The first-order valence-corrected chi connectivity index (χ1v) is 5.60. The molecule has 1 aromatic heterocycles. The van der Waals surface area contributed by atoms with E-state index in [9.17, 15) is 9.59 Å². The number of Topliss-reactive ketones (excluding diaryl/α,β-unsaturated/α-hetero) is 1. The molecule has 0 amide bonds. The second-order valence-electron chi connectivity index (χ2n) is 4.33. The SMILES string of the molecule is COC(=O)CC(C)C(=O)c1cncn1C(C)C. The van der Waals surface area contributed by atoms with Crippen LogP contribution in [0.2, 0.25) is 0 Å². The van der Waals surface area contributed by atoms with Crippen LogP contribution in [0.15, 0.2) is 12.5 Å². The van der Waals surface area contributed by atoms with Crippen molar-refractivity contribution < 1.29 is 14.3 Å².